The summed E-state index contributed by atoms with van der Waals surface area (Å²) >= 11 is 0. The molecule has 2 aromatic rings. The Hall–Kier alpha value is -2.17. The van der Waals surface area contributed by atoms with Gasteiger partial charge in [0.05, 0.1) is 0 Å². The fourth-order valence-corrected chi connectivity index (χ4v) is 2.28. The van der Waals surface area contributed by atoms with Crippen LogP contribution in [0.5, 0.6) is 0 Å². The maximum atomic E-state index is 11.4. The average molecular weight is 315 g/mol. The van der Waals surface area contributed by atoms with Crippen molar-refractivity contribution in [2.75, 3.05) is 6.54 Å². The zero-order chi connectivity index (χ0) is 16.9. The Bertz CT molecular complexity index is 639. The van der Waals surface area contributed by atoms with E-state index in [1.807, 2.05) is 19.1 Å². The van der Waals surface area contributed by atoms with E-state index in [2.05, 4.69) is 48.4 Å². The molecule has 5 heteroatoms. The van der Waals surface area contributed by atoms with E-state index in [-0.39, 0.29) is 11.3 Å². The van der Waals surface area contributed by atoms with Crippen molar-refractivity contribution in [1.82, 2.24) is 15.5 Å². The number of aryl methyl sites for hydroxylation is 1. The second-order valence-corrected chi connectivity index (χ2v) is 6.65. The number of hydrogen-bond donors (Lipinski definition) is 1. The molecule has 0 saturated heterocycles. The summed E-state index contributed by atoms with van der Waals surface area (Å²) in [5.41, 5.74) is 2.34. The Balaban J connectivity index is 1.95. The summed E-state index contributed by atoms with van der Waals surface area (Å²) in [7, 11) is 0. The molecule has 0 aliphatic heterocycles. The van der Waals surface area contributed by atoms with E-state index in [9.17, 15) is 4.79 Å². The highest BCUT2D eigenvalue weighted by molar-refractivity contribution is 5.75. The Morgan fingerprint density at radius 3 is 2.52 bits per heavy atom. The van der Waals surface area contributed by atoms with Crippen molar-refractivity contribution in [3.8, 4) is 11.4 Å². The molecule has 0 aliphatic rings. The normalized spacial score (nSPS) is 11.5. The number of rotatable bonds is 6. The van der Waals surface area contributed by atoms with E-state index in [0.29, 0.717) is 37.5 Å². The van der Waals surface area contributed by atoms with Crippen molar-refractivity contribution in [3.05, 3.63) is 35.7 Å². The summed E-state index contributed by atoms with van der Waals surface area (Å²) in [6.07, 6.45) is 1.80. The van der Waals surface area contributed by atoms with E-state index in [1.54, 1.807) is 0 Å². The van der Waals surface area contributed by atoms with Gasteiger partial charge in [-0.15, -0.1) is 0 Å². The van der Waals surface area contributed by atoms with Crippen molar-refractivity contribution in [2.24, 2.45) is 0 Å². The van der Waals surface area contributed by atoms with Crippen LogP contribution in [0.15, 0.2) is 28.8 Å². The summed E-state index contributed by atoms with van der Waals surface area (Å²) in [4.78, 5) is 15.8. The molecule has 1 N–H and O–H groups in total. The lowest BCUT2D eigenvalue weighted by Gasteiger charge is -2.18. The molecule has 0 radical (unpaired) electrons. The van der Waals surface area contributed by atoms with Gasteiger partial charge in [0, 0.05) is 24.9 Å². The molecule has 5 nitrogen and oxygen atoms in total. The number of amides is 1. The third kappa shape index (κ3) is 4.91. The van der Waals surface area contributed by atoms with Crippen LogP contribution in [0, 0.1) is 0 Å². The van der Waals surface area contributed by atoms with Gasteiger partial charge in [-0.1, -0.05) is 50.2 Å². The maximum Gasteiger partial charge on any atom is 0.226 e. The van der Waals surface area contributed by atoms with Gasteiger partial charge in [0.25, 0.3) is 0 Å². The fourth-order valence-electron chi connectivity index (χ4n) is 2.28. The van der Waals surface area contributed by atoms with Gasteiger partial charge in [-0.3, -0.25) is 4.79 Å². The first kappa shape index (κ1) is 17.2. The molecule has 0 fully saturated rings. The molecule has 0 atom stereocenters. The fraction of sp³-hybridized carbons (Fsp3) is 0.500. The minimum atomic E-state index is 0.0602. The molecule has 0 spiro atoms. The molecule has 1 aromatic heterocycles. The lowest BCUT2D eigenvalue weighted by Crippen LogP contribution is -2.22. The monoisotopic (exact) mass is 315 g/mol. The standard InChI is InChI=1S/C18H25N3O2/c1-5-19-15(22)7-6-8-16-20-17(21-23-16)13-9-11-14(12-10-13)18(2,3)4/h9-12H,5-8H2,1-4H3,(H,19,22). The van der Waals surface area contributed by atoms with Gasteiger partial charge in [-0.05, 0) is 24.3 Å². The van der Waals surface area contributed by atoms with Gasteiger partial charge in [-0.2, -0.15) is 4.98 Å². The zero-order valence-electron chi connectivity index (χ0n) is 14.3. The van der Waals surface area contributed by atoms with Gasteiger partial charge < -0.3 is 9.84 Å². The molecule has 2 rings (SSSR count). The second-order valence-electron chi connectivity index (χ2n) is 6.65. The predicted octanol–water partition coefficient (Wildman–Crippen LogP) is 3.49. The number of carbonyl (C=O) groups is 1. The Kier molecular flexibility index (Phi) is 5.53. The molecule has 1 aromatic carbocycles. The first-order chi connectivity index (χ1) is 10.9. The number of carbonyl (C=O) groups excluding carboxylic acids is 1. The van der Waals surface area contributed by atoms with Crippen molar-refractivity contribution in [2.45, 2.75) is 52.4 Å². The molecule has 1 heterocycles. The van der Waals surface area contributed by atoms with Gasteiger partial charge in [0.1, 0.15) is 0 Å². The molecule has 0 unspecified atom stereocenters. The lowest BCUT2D eigenvalue weighted by atomic mass is 9.87. The van der Waals surface area contributed by atoms with Crippen molar-refractivity contribution in [3.63, 3.8) is 0 Å². The lowest BCUT2D eigenvalue weighted by molar-refractivity contribution is -0.121. The average Bonchev–Trinajstić information content (AvgIpc) is 2.96. The third-order valence-corrected chi connectivity index (χ3v) is 3.65. The summed E-state index contributed by atoms with van der Waals surface area (Å²) < 4.78 is 5.27. The van der Waals surface area contributed by atoms with E-state index < -0.39 is 0 Å². The summed E-state index contributed by atoms with van der Waals surface area (Å²) in [6.45, 7) is 9.12. The number of nitrogens with zero attached hydrogens (tertiary/aromatic N) is 2. The van der Waals surface area contributed by atoms with Crippen molar-refractivity contribution in [1.29, 1.82) is 0 Å². The third-order valence-electron chi connectivity index (χ3n) is 3.65. The highest BCUT2D eigenvalue weighted by atomic mass is 16.5. The maximum absolute atomic E-state index is 11.4. The molecule has 23 heavy (non-hydrogen) atoms. The van der Waals surface area contributed by atoms with Crippen LogP contribution in [-0.4, -0.2) is 22.6 Å². The number of nitrogens with one attached hydrogen (secondary N) is 1. The number of hydrogen-bond acceptors (Lipinski definition) is 4. The highest BCUT2D eigenvalue weighted by Gasteiger charge is 2.14. The number of aromatic nitrogens is 2. The molecular formula is C18H25N3O2. The summed E-state index contributed by atoms with van der Waals surface area (Å²) in [5.74, 6) is 1.23. The Morgan fingerprint density at radius 2 is 1.91 bits per heavy atom. The minimum Gasteiger partial charge on any atom is -0.356 e. The SMILES string of the molecule is CCNC(=O)CCCc1nc(-c2ccc(C(C)(C)C)cc2)no1. The van der Waals surface area contributed by atoms with Gasteiger partial charge >= 0.3 is 0 Å². The van der Waals surface area contributed by atoms with Crippen LogP contribution in [0.2, 0.25) is 0 Å². The molecule has 0 aliphatic carbocycles. The first-order valence-electron chi connectivity index (χ1n) is 8.10. The second kappa shape index (κ2) is 7.40. The van der Waals surface area contributed by atoms with E-state index >= 15 is 0 Å². The molecule has 1 amide bonds. The van der Waals surface area contributed by atoms with Gasteiger partial charge in [0.15, 0.2) is 0 Å². The van der Waals surface area contributed by atoms with Crippen LogP contribution in [0.1, 0.15) is 52.0 Å². The van der Waals surface area contributed by atoms with E-state index in [0.717, 1.165) is 5.56 Å². The van der Waals surface area contributed by atoms with Crippen molar-refractivity contribution >= 4 is 5.91 Å². The van der Waals surface area contributed by atoms with Crippen LogP contribution in [0.25, 0.3) is 11.4 Å². The molecule has 0 saturated carbocycles. The van der Waals surface area contributed by atoms with E-state index in [1.165, 1.54) is 5.56 Å². The largest absolute Gasteiger partial charge is 0.356 e. The topological polar surface area (TPSA) is 68.0 Å². The zero-order valence-corrected chi connectivity index (χ0v) is 14.3. The molecule has 0 bridgehead atoms. The summed E-state index contributed by atoms with van der Waals surface area (Å²) in [5, 5.41) is 6.80. The molecule has 124 valence electrons. The van der Waals surface area contributed by atoms with Gasteiger partial charge in [0.2, 0.25) is 17.6 Å². The first-order valence-corrected chi connectivity index (χ1v) is 8.10. The van der Waals surface area contributed by atoms with Crippen LogP contribution in [0.4, 0.5) is 0 Å². The van der Waals surface area contributed by atoms with Gasteiger partial charge in [-0.25, -0.2) is 0 Å². The van der Waals surface area contributed by atoms with Crippen molar-refractivity contribution < 1.29 is 9.32 Å². The Labute approximate surface area is 137 Å². The summed E-state index contributed by atoms with van der Waals surface area (Å²) in [6, 6.07) is 8.23. The van der Waals surface area contributed by atoms with Crippen LogP contribution in [-0.2, 0) is 16.6 Å². The van der Waals surface area contributed by atoms with E-state index in [4.69, 9.17) is 4.52 Å². The van der Waals surface area contributed by atoms with Crippen LogP contribution < -0.4 is 5.32 Å². The number of benzene rings is 1. The van der Waals surface area contributed by atoms with Crippen LogP contribution in [0.3, 0.4) is 0 Å². The smallest absolute Gasteiger partial charge is 0.226 e. The highest BCUT2D eigenvalue weighted by Crippen LogP contribution is 2.25. The van der Waals surface area contributed by atoms with Crippen LogP contribution >= 0.6 is 0 Å². The molecular weight excluding hydrogens is 290 g/mol. The Morgan fingerprint density at radius 1 is 1.22 bits per heavy atom. The quantitative estimate of drug-likeness (QED) is 0.886. The predicted molar refractivity (Wildman–Crippen MR) is 90.1 cm³/mol. The minimum absolute atomic E-state index is 0.0602.